The molecule has 0 fully saturated rings. The lowest BCUT2D eigenvalue weighted by atomic mass is 10.2. The van der Waals surface area contributed by atoms with Crippen molar-refractivity contribution in [3.63, 3.8) is 0 Å². The number of hydrogen-bond donors (Lipinski definition) is 1. The van der Waals surface area contributed by atoms with Crippen molar-refractivity contribution in [1.29, 1.82) is 0 Å². The number of hydrogen-bond acceptors (Lipinski definition) is 5. The lowest BCUT2D eigenvalue weighted by molar-refractivity contribution is 0.0769. The highest BCUT2D eigenvalue weighted by Crippen LogP contribution is 2.29. The number of benzene rings is 1. The largest absolute Gasteiger partial charge is 0.441 e. The molecule has 0 aliphatic rings. The van der Waals surface area contributed by atoms with Crippen LogP contribution in [0.5, 0.6) is 5.95 Å². The van der Waals surface area contributed by atoms with Crippen molar-refractivity contribution in [2.24, 2.45) is 0 Å². The van der Waals surface area contributed by atoms with E-state index >= 15 is 0 Å². The van der Waals surface area contributed by atoms with E-state index in [1.807, 2.05) is 6.07 Å². The fraction of sp³-hybridized carbons (Fsp3) is 0.182. The zero-order valence-corrected chi connectivity index (χ0v) is 8.56. The van der Waals surface area contributed by atoms with Gasteiger partial charge in [0.2, 0.25) is 0 Å². The molecule has 0 unspecified atom stereocenters. The molecule has 0 amide bonds. The van der Waals surface area contributed by atoms with E-state index < -0.39 is 6.79 Å². The number of oxazole rings is 1. The van der Waals surface area contributed by atoms with Crippen LogP contribution in [0.4, 0.5) is 0 Å². The van der Waals surface area contributed by atoms with Gasteiger partial charge in [-0.15, -0.1) is 0 Å². The van der Waals surface area contributed by atoms with Crippen LogP contribution < -0.4 is 4.74 Å². The molecular weight excluding hydrogens is 210 g/mol. The predicted molar refractivity (Wildman–Crippen MR) is 56.2 cm³/mol. The smallest absolute Gasteiger partial charge is 0.287 e. The Morgan fingerprint density at radius 2 is 2.12 bits per heavy atom. The molecule has 16 heavy (non-hydrogen) atoms. The molecule has 3 rings (SSSR count). The highest BCUT2D eigenvalue weighted by atomic mass is 16.6. The molecule has 0 spiro atoms. The SMILES string of the molecule is Cc1nc2cc3cc(OCO)oc3cc2o1. The summed E-state index contributed by atoms with van der Waals surface area (Å²) in [6.45, 7) is 1.38. The molecule has 5 nitrogen and oxygen atoms in total. The fourth-order valence-electron chi connectivity index (χ4n) is 1.69. The van der Waals surface area contributed by atoms with E-state index in [1.54, 1.807) is 19.1 Å². The van der Waals surface area contributed by atoms with Crippen molar-refractivity contribution in [3.05, 3.63) is 24.1 Å². The maximum absolute atomic E-state index is 8.62. The fourth-order valence-corrected chi connectivity index (χ4v) is 1.69. The minimum atomic E-state index is -0.409. The topological polar surface area (TPSA) is 68.6 Å². The minimum Gasteiger partial charge on any atom is -0.441 e. The van der Waals surface area contributed by atoms with Gasteiger partial charge in [0.15, 0.2) is 18.3 Å². The zero-order chi connectivity index (χ0) is 11.1. The van der Waals surface area contributed by atoms with Gasteiger partial charge >= 0.3 is 0 Å². The number of furan rings is 1. The summed E-state index contributed by atoms with van der Waals surface area (Å²) in [5.41, 5.74) is 2.10. The third kappa shape index (κ3) is 1.33. The first-order valence-electron chi connectivity index (χ1n) is 4.80. The summed E-state index contributed by atoms with van der Waals surface area (Å²) < 4.78 is 15.6. The number of aliphatic hydroxyl groups excluding tert-OH is 1. The van der Waals surface area contributed by atoms with Crippen LogP contribution in [0, 0.1) is 6.92 Å². The molecule has 5 heteroatoms. The van der Waals surface area contributed by atoms with Crippen LogP contribution in [0.25, 0.3) is 22.1 Å². The van der Waals surface area contributed by atoms with E-state index in [0.717, 1.165) is 10.9 Å². The number of aromatic nitrogens is 1. The molecule has 0 saturated carbocycles. The average molecular weight is 219 g/mol. The van der Waals surface area contributed by atoms with Crippen molar-refractivity contribution in [3.8, 4) is 5.95 Å². The number of rotatable bonds is 2. The maximum atomic E-state index is 8.62. The van der Waals surface area contributed by atoms with Gasteiger partial charge in [0.05, 0.1) is 0 Å². The van der Waals surface area contributed by atoms with Gasteiger partial charge in [-0.1, -0.05) is 0 Å². The maximum Gasteiger partial charge on any atom is 0.287 e. The van der Waals surface area contributed by atoms with E-state index in [-0.39, 0.29) is 5.95 Å². The Labute approximate surface area is 90.2 Å². The van der Waals surface area contributed by atoms with Crippen LogP contribution in [0.15, 0.2) is 27.0 Å². The van der Waals surface area contributed by atoms with Crippen molar-refractivity contribution < 1.29 is 18.7 Å². The van der Waals surface area contributed by atoms with Crippen LogP contribution in [0.1, 0.15) is 5.89 Å². The van der Waals surface area contributed by atoms with E-state index in [1.165, 1.54) is 0 Å². The van der Waals surface area contributed by atoms with Crippen LogP contribution in [0.3, 0.4) is 0 Å². The molecule has 3 aromatic rings. The molecule has 1 N–H and O–H groups in total. The number of fused-ring (bicyclic) bond motifs is 2. The van der Waals surface area contributed by atoms with Crippen molar-refractivity contribution in [2.45, 2.75) is 6.92 Å². The average Bonchev–Trinajstić information content (AvgIpc) is 2.75. The minimum absolute atomic E-state index is 0.280. The van der Waals surface area contributed by atoms with Crippen molar-refractivity contribution in [1.82, 2.24) is 4.98 Å². The van der Waals surface area contributed by atoms with Crippen molar-refractivity contribution in [2.75, 3.05) is 6.79 Å². The predicted octanol–water partition coefficient (Wildman–Crippen LogP) is 2.21. The standard InChI is InChI=1S/C11H9NO4/c1-6-12-8-2-7-3-11(14-5-13)16-9(7)4-10(8)15-6/h2-4,13H,5H2,1H3. The highest BCUT2D eigenvalue weighted by Gasteiger charge is 2.09. The third-order valence-electron chi connectivity index (χ3n) is 2.32. The van der Waals surface area contributed by atoms with E-state index in [9.17, 15) is 0 Å². The van der Waals surface area contributed by atoms with Gasteiger partial charge in [0.1, 0.15) is 11.1 Å². The van der Waals surface area contributed by atoms with Crippen LogP contribution in [0.2, 0.25) is 0 Å². The Bertz CT molecular complexity index is 601. The van der Waals surface area contributed by atoms with Gasteiger partial charge in [-0.2, -0.15) is 0 Å². The summed E-state index contributed by atoms with van der Waals surface area (Å²) in [5.74, 6) is 0.899. The van der Waals surface area contributed by atoms with Gasteiger partial charge in [-0.05, 0) is 6.07 Å². The second kappa shape index (κ2) is 3.24. The molecule has 0 radical (unpaired) electrons. The number of ether oxygens (including phenoxy) is 1. The Hall–Kier alpha value is -2.01. The van der Waals surface area contributed by atoms with Crippen LogP contribution in [-0.4, -0.2) is 16.9 Å². The van der Waals surface area contributed by atoms with E-state index in [0.29, 0.717) is 17.1 Å². The first-order chi connectivity index (χ1) is 7.76. The molecule has 2 aromatic heterocycles. The normalized spacial score (nSPS) is 11.4. The first-order valence-corrected chi connectivity index (χ1v) is 4.80. The van der Waals surface area contributed by atoms with Crippen LogP contribution >= 0.6 is 0 Å². The molecule has 0 saturated heterocycles. The summed E-state index contributed by atoms with van der Waals surface area (Å²) in [6.07, 6.45) is 0. The molecular formula is C11H9NO4. The highest BCUT2D eigenvalue weighted by molar-refractivity contribution is 5.91. The lowest BCUT2D eigenvalue weighted by Gasteiger charge is -1.92. The summed E-state index contributed by atoms with van der Waals surface area (Å²) in [7, 11) is 0. The number of nitrogens with zero attached hydrogens (tertiary/aromatic N) is 1. The number of aryl methyl sites for hydroxylation is 1. The Kier molecular flexibility index (Phi) is 1.87. The Balaban J connectivity index is 2.23. The van der Waals surface area contributed by atoms with Gasteiger partial charge in [-0.25, -0.2) is 4.98 Å². The summed E-state index contributed by atoms with van der Waals surface area (Å²) in [4.78, 5) is 4.22. The van der Waals surface area contributed by atoms with E-state index in [4.69, 9.17) is 18.7 Å². The van der Waals surface area contributed by atoms with Gasteiger partial charge < -0.3 is 18.7 Å². The second-order valence-electron chi connectivity index (χ2n) is 3.43. The zero-order valence-electron chi connectivity index (χ0n) is 8.56. The third-order valence-corrected chi connectivity index (χ3v) is 2.32. The summed E-state index contributed by atoms with van der Waals surface area (Å²) in [5, 5.41) is 9.48. The van der Waals surface area contributed by atoms with Gasteiger partial charge in [0.25, 0.3) is 5.95 Å². The Morgan fingerprint density at radius 1 is 1.25 bits per heavy atom. The van der Waals surface area contributed by atoms with Crippen molar-refractivity contribution >= 4 is 22.1 Å². The second-order valence-corrected chi connectivity index (χ2v) is 3.43. The quantitative estimate of drug-likeness (QED) is 0.669. The monoisotopic (exact) mass is 219 g/mol. The molecule has 0 aliphatic heterocycles. The molecule has 0 aliphatic carbocycles. The van der Waals surface area contributed by atoms with Gasteiger partial charge in [0, 0.05) is 24.4 Å². The number of aliphatic hydroxyl groups is 1. The molecule has 2 heterocycles. The van der Waals surface area contributed by atoms with Gasteiger partial charge in [-0.3, -0.25) is 0 Å². The Morgan fingerprint density at radius 3 is 2.94 bits per heavy atom. The first kappa shape index (κ1) is 9.23. The van der Waals surface area contributed by atoms with E-state index in [2.05, 4.69) is 4.98 Å². The lowest BCUT2D eigenvalue weighted by Crippen LogP contribution is -1.91. The summed E-state index contributed by atoms with van der Waals surface area (Å²) >= 11 is 0. The summed E-state index contributed by atoms with van der Waals surface area (Å²) in [6, 6.07) is 5.32. The molecule has 1 aromatic carbocycles. The molecule has 82 valence electrons. The molecule has 0 bridgehead atoms. The molecule has 0 atom stereocenters. The van der Waals surface area contributed by atoms with Crippen LogP contribution in [-0.2, 0) is 0 Å².